The molecule has 7 nitrogen and oxygen atoms in total. The summed E-state index contributed by atoms with van der Waals surface area (Å²) in [6.07, 6.45) is 2.47. The SMILES string of the molecule is CN1CCC(N(C)Cc2cccc([C@@H]3C[C@]3(NS(=O)(=O)c3ccc(-c4ccc(Cl)cc4)s3)C(=O)O)c2)CC1. The van der Waals surface area contributed by atoms with Gasteiger partial charge in [0.05, 0.1) is 0 Å². The molecule has 3 aromatic rings. The molecule has 2 N–H and O–H groups in total. The van der Waals surface area contributed by atoms with Crippen LogP contribution in [-0.4, -0.2) is 68.1 Å². The highest BCUT2D eigenvalue weighted by atomic mass is 35.5. The minimum absolute atomic E-state index is 0.0854. The first-order valence-electron chi connectivity index (χ1n) is 12.7. The number of thiophene rings is 1. The fraction of sp³-hybridized carbons (Fsp3) is 0.393. The molecule has 1 aromatic heterocycles. The third kappa shape index (κ3) is 5.68. The highest BCUT2D eigenvalue weighted by molar-refractivity contribution is 7.91. The van der Waals surface area contributed by atoms with E-state index in [0.29, 0.717) is 11.1 Å². The van der Waals surface area contributed by atoms with E-state index >= 15 is 0 Å². The average molecular weight is 574 g/mol. The van der Waals surface area contributed by atoms with Gasteiger partial charge in [0.1, 0.15) is 9.75 Å². The Hall–Kier alpha value is -2.27. The second-order valence-corrected chi connectivity index (χ2v) is 13.9. The number of sulfonamides is 1. The molecule has 202 valence electrons. The van der Waals surface area contributed by atoms with Gasteiger partial charge >= 0.3 is 5.97 Å². The summed E-state index contributed by atoms with van der Waals surface area (Å²) in [5.74, 6) is -1.59. The van der Waals surface area contributed by atoms with Crippen LogP contribution in [0.15, 0.2) is 64.9 Å². The summed E-state index contributed by atoms with van der Waals surface area (Å²) in [6.45, 7) is 2.94. The Kier molecular flexibility index (Phi) is 7.70. The van der Waals surface area contributed by atoms with Gasteiger partial charge in [-0.15, -0.1) is 11.3 Å². The number of hydrogen-bond acceptors (Lipinski definition) is 6. The number of aliphatic carboxylic acids is 1. The van der Waals surface area contributed by atoms with Crippen molar-refractivity contribution in [3.8, 4) is 10.4 Å². The number of likely N-dealkylation sites (tertiary alicyclic amines) is 1. The van der Waals surface area contributed by atoms with Crippen molar-refractivity contribution < 1.29 is 18.3 Å². The maximum atomic E-state index is 13.3. The van der Waals surface area contributed by atoms with Gasteiger partial charge in [-0.3, -0.25) is 9.69 Å². The third-order valence-corrected chi connectivity index (χ3v) is 11.1. The predicted molar refractivity (Wildman–Crippen MR) is 151 cm³/mol. The highest BCUT2D eigenvalue weighted by Gasteiger charge is 2.63. The number of nitrogens with one attached hydrogen (secondary N) is 1. The molecule has 38 heavy (non-hydrogen) atoms. The zero-order valence-corrected chi connectivity index (χ0v) is 23.8. The lowest BCUT2D eigenvalue weighted by atomic mass is 10.0. The summed E-state index contributed by atoms with van der Waals surface area (Å²) in [4.78, 5) is 17.9. The largest absolute Gasteiger partial charge is 0.480 e. The zero-order valence-electron chi connectivity index (χ0n) is 21.4. The van der Waals surface area contributed by atoms with Crippen molar-refractivity contribution >= 4 is 38.9 Å². The molecule has 2 aliphatic rings. The average Bonchev–Trinajstić information content (AvgIpc) is 3.37. The lowest BCUT2D eigenvalue weighted by molar-refractivity contribution is -0.140. The van der Waals surface area contributed by atoms with E-state index in [-0.39, 0.29) is 10.6 Å². The normalized spacial score (nSPS) is 22.6. The van der Waals surface area contributed by atoms with Crippen LogP contribution in [-0.2, 0) is 21.4 Å². The quantitative estimate of drug-likeness (QED) is 0.379. The molecule has 5 rings (SSSR count). The van der Waals surface area contributed by atoms with Crippen LogP contribution in [0.5, 0.6) is 0 Å². The summed E-state index contributed by atoms with van der Waals surface area (Å²) in [7, 11) is 0.246. The van der Waals surface area contributed by atoms with E-state index in [0.717, 1.165) is 65.4 Å². The lowest BCUT2D eigenvalue weighted by Crippen LogP contribution is -2.44. The number of hydrogen-bond donors (Lipinski definition) is 2. The first kappa shape index (κ1) is 27.3. The Morgan fingerprint density at radius 3 is 2.55 bits per heavy atom. The number of carboxylic acids is 1. The molecule has 1 aliphatic carbocycles. The fourth-order valence-electron chi connectivity index (χ4n) is 5.34. The van der Waals surface area contributed by atoms with Crippen LogP contribution in [0.2, 0.25) is 5.02 Å². The molecule has 2 heterocycles. The maximum Gasteiger partial charge on any atom is 0.325 e. The van der Waals surface area contributed by atoms with Crippen LogP contribution in [0.4, 0.5) is 0 Å². The number of carboxylic acid groups (broad SMARTS) is 1. The van der Waals surface area contributed by atoms with Gasteiger partial charge in [0.25, 0.3) is 10.0 Å². The lowest BCUT2D eigenvalue weighted by Gasteiger charge is -2.35. The van der Waals surface area contributed by atoms with Gasteiger partial charge in [0.15, 0.2) is 0 Å². The summed E-state index contributed by atoms with van der Waals surface area (Å²) in [6, 6.07) is 18.8. The Balaban J connectivity index is 1.30. The van der Waals surface area contributed by atoms with E-state index in [4.69, 9.17) is 11.6 Å². The fourth-order valence-corrected chi connectivity index (χ4v) is 8.19. The summed E-state index contributed by atoms with van der Waals surface area (Å²) in [5, 5.41) is 10.7. The topological polar surface area (TPSA) is 90.0 Å². The molecule has 2 atom stereocenters. The number of piperidine rings is 1. The first-order chi connectivity index (χ1) is 18.1. The van der Waals surface area contributed by atoms with Crippen molar-refractivity contribution in [2.24, 2.45) is 0 Å². The molecule has 0 radical (unpaired) electrons. The number of benzene rings is 2. The van der Waals surface area contributed by atoms with Gasteiger partial charge in [-0.1, -0.05) is 48.0 Å². The molecule has 1 aliphatic heterocycles. The van der Waals surface area contributed by atoms with E-state index in [1.807, 2.05) is 36.4 Å². The maximum absolute atomic E-state index is 13.3. The second-order valence-electron chi connectivity index (χ2n) is 10.5. The van der Waals surface area contributed by atoms with E-state index < -0.39 is 27.4 Å². The molecule has 2 aromatic carbocycles. The number of nitrogens with zero attached hydrogens (tertiary/aromatic N) is 2. The van der Waals surface area contributed by atoms with Crippen LogP contribution < -0.4 is 4.72 Å². The van der Waals surface area contributed by atoms with Gasteiger partial charge < -0.3 is 10.0 Å². The van der Waals surface area contributed by atoms with Crippen LogP contribution in [0, 0.1) is 0 Å². The van der Waals surface area contributed by atoms with Crippen molar-refractivity contribution in [2.75, 3.05) is 27.2 Å². The minimum atomic E-state index is -4.04. The van der Waals surface area contributed by atoms with E-state index in [2.05, 4.69) is 28.6 Å². The van der Waals surface area contributed by atoms with Gasteiger partial charge in [-0.2, -0.15) is 4.72 Å². The smallest absolute Gasteiger partial charge is 0.325 e. The number of rotatable bonds is 9. The van der Waals surface area contributed by atoms with Crippen LogP contribution in [0.1, 0.15) is 36.3 Å². The highest BCUT2D eigenvalue weighted by Crippen LogP contribution is 2.53. The second kappa shape index (κ2) is 10.7. The molecular weight excluding hydrogens is 542 g/mol. The molecule has 2 fully saturated rings. The van der Waals surface area contributed by atoms with Crippen molar-refractivity contribution in [3.63, 3.8) is 0 Å². The zero-order chi connectivity index (χ0) is 27.1. The van der Waals surface area contributed by atoms with Gasteiger partial charge in [-0.25, -0.2) is 8.42 Å². The molecule has 1 saturated heterocycles. The van der Waals surface area contributed by atoms with Crippen molar-refractivity contribution in [1.82, 2.24) is 14.5 Å². The van der Waals surface area contributed by atoms with Crippen LogP contribution in [0.3, 0.4) is 0 Å². The van der Waals surface area contributed by atoms with Crippen molar-refractivity contribution in [3.05, 3.63) is 76.8 Å². The summed E-state index contributed by atoms with van der Waals surface area (Å²) in [5.41, 5.74) is 1.24. The van der Waals surface area contributed by atoms with Gasteiger partial charge in [0.2, 0.25) is 0 Å². The Labute approximate surface area is 233 Å². The van der Waals surface area contributed by atoms with Gasteiger partial charge in [-0.05, 0) is 87.4 Å². The Morgan fingerprint density at radius 1 is 1.16 bits per heavy atom. The molecule has 0 unspecified atom stereocenters. The van der Waals surface area contributed by atoms with E-state index in [1.54, 1.807) is 18.2 Å². The van der Waals surface area contributed by atoms with Crippen LogP contribution >= 0.6 is 22.9 Å². The predicted octanol–water partition coefficient (Wildman–Crippen LogP) is 4.88. The molecule has 0 amide bonds. The Bertz CT molecular complexity index is 1420. The molecule has 10 heteroatoms. The Morgan fingerprint density at radius 2 is 1.87 bits per heavy atom. The molecule has 0 bridgehead atoms. The van der Waals surface area contributed by atoms with Gasteiger partial charge in [0, 0.05) is 28.4 Å². The molecule has 1 saturated carbocycles. The monoisotopic (exact) mass is 573 g/mol. The molecular formula is C28H32ClN3O4S2. The minimum Gasteiger partial charge on any atom is -0.480 e. The number of carbonyl (C=O) groups is 1. The number of halogens is 1. The van der Waals surface area contributed by atoms with Crippen LogP contribution in [0.25, 0.3) is 10.4 Å². The first-order valence-corrected chi connectivity index (χ1v) is 15.4. The summed E-state index contributed by atoms with van der Waals surface area (Å²) < 4.78 is 29.2. The van der Waals surface area contributed by atoms with E-state index in [9.17, 15) is 18.3 Å². The third-order valence-electron chi connectivity index (χ3n) is 7.73. The summed E-state index contributed by atoms with van der Waals surface area (Å²) >= 11 is 7.07. The molecule has 0 spiro atoms. The standard InChI is InChI=1S/C28H32ClN3O4S2/c1-31-14-12-23(13-15-31)32(2)18-19-4-3-5-21(16-19)24-17-28(24,27(33)34)30-38(35,36)26-11-10-25(37-26)20-6-8-22(29)9-7-20/h3-11,16,23-24,30H,12-15,17-18H2,1-2H3,(H,33,34)/t24-,28+/m0/s1. The van der Waals surface area contributed by atoms with E-state index in [1.165, 1.54) is 6.07 Å². The van der Waals surface area contributed by atoms with Crippen molar-refractivity contribution in [2.45, 2.75) is 47.5 Å². The van der Waals surface area contributed by atoms with Crippen molar-refractivity contribution in [1.29, 1.82) is 0 Å².